The Hall–Kier alpha value is -2.64. The third-order valence-corrected chi connectivity index (χ3v) is 6.44. The molecule has 0 aromatic heterocycles. The van der Waals surface area contributed by atoms with Crippen LogP contribution in [0, 0.1) is 6.92 Å². The van der Waals surface area contributed by atoms with Crippen LogP contribution in [0.25, 0.3) is 0 Å². The van der Waals surface area contributed by atoms with E-state index in [9.17, 15) is 13.2 Å². The van der Waals surface area contributed by atoms with E-state index in [0.717, 1.165) is 14.3 Å². The summed E-state index contributed by atoms with van der Waals surface area (Å²) in [6, 6.07) is 21.7. The van der Waals surface area contributed by atoms with Crippen LogP contribution in [0.1, 0.15) is 12.5 Å². The molecule has 0 aliphatic rings. The number of carbonyl (C=O) groups excluding carboxylic acids is 1. The number of rotatable bonds is 6. The molecule has 0 fully saturated rings. The molecule has 0 N–H and O–H groups in total. The van der Waals surface area contributed by atoms with Crippen molar-refractivity contribution >= 4 is 37.5 Å². The summed E-state index contributed by atoms with van der Waals surface area (Å²) in [6.45, 7) is 3.40. The number of halogens is 1. The normalized spacial score (nSPS) is 12.2. The highest BCUT2D eigenvalue weighted by atomic mass is 79.9. The molecular weight excluding hydrogens is 454 g/mol. The average Bonchev–Trinajstić information content (AvgIpc) is 2.69. The van der Waals surface area contributed by atoms with Gasteiger partial charge in [-0.25, -0.2) is 8.42 Å². The Labute approximate surface area is 179 Å². The molecule has 1 amide bonds. The molecule has 1 unspecified atom stereocenters. The Bertz CT molecular complexity index is 1100. The lowest BCUT2D eigenvalue weighted by molar-refractivity contribution is -0.123. The zero-order chi connectivity index (χ0) is 21.0. The first kappa shape index (κ1) is 21.1. The lowest BCUT2D eigenvalue weighted by Crippen LogP contribution is -2.44. The number of hydrogen-bond donors (Lipinski definition) is 0. The van der Waals surface area contributed by atoms with Gasteiger partial charge in [-0.1, -0.05) is 57.9 Å². The zero-order valence-electron chi connectivity index (χ0n) is 15.9. The first-order valence-electron chi connectivity index (χ1n) is 8.92. The largest absolute Gasteiger partial charge is 0.481 e. The Morgan fingerprint density at radius 2 is 1.62 bits per heavy atom. The third-order valence-electron chi connectivity index (χ3n) is 4.21. The van der Waals surface area contributed by atoms with E-state index in [-0.39, 0.29) is 10.6 Å². The van der Waals surface area contributed by atoms with Gasteiger partial charge in [0.2, 0.25) is 0 Å². The Balaban J connectivity index is 1.99. The van der Waals surface area contributed by atoms with Gasteiger partial charge >= 0.3 is 0 Å². The minimum absolute atomic E-state index is 0.0370. The number of amides is 1. The van der Waals surface area contributed by atoms with Gasteiger partial charge in [-0.05, 0) is 56.3 Å². The van der Waals surface area contributed by atoms with Crippen LogP contribution in [0.2, 0.25) is 0 Å². The van der Waals surface area contributed by atoms with Crippen molar-refractivity contribution in [3.63, 3.8) is 0 Å². The first-order chi connectivity index (χ1) is 13.8. The SMILES string of the molecule is Cc1ccc(S(=O)(=O)N(C(=O)C(C)Oc2cccc(Br)c2)c2ccccc2)cc1. The van der Waals surface area contributed by atoms with Crippen molar-refractivity contribution in [2.24, 2.45) is 0 Å². The monoisotopic (exact) mass is 473 g/mol. The number of carbonyl (C=O) groups is 1. The molecule has 0 heterocycles. The molecule has 0 spiro atoms. The van der Waals surface area contributed by atoms with E-state index in [4.69, 9.17) is 4.74 Å². The second-order valence-corrected chi connectivity index (χ2v) is 9.18. The molecule has 1 atom stereocenters. The van der Waals surface area contributed by atoms with E-state index in [2.05, 4.69) is 15.9 Å². The highest BCUT2D eigenvalue weighted by Crippen LogP contribution is 2.26. The molecule has 5 nitrogen and oxygen atoms in total. The summed E-state index contributed by atoms with van der Waals surface area (Å²) in [5, 5.41) is 0. The summed E-state index contributed by atoms with van der Waals surface area (Å²) in [5.41, 5.74) is 1.18. The molecule has 3 aromatic rings. The van der Waals surface area contributed by atoms with E-state index < -0.39 is 22.0 Å². The topological polar surface area (TPSA) is 63.7 Å². The molecule has 3 aromatic carbocycles. The summed E-state index contributed by atoms with van der Waals surface area (Å²) < 4.78 is 34.0. The molecule has 3 rings (SSSR count). The number of benzene rings is 3. The van der Waals surface area contributed by atoms with E-state index in [1.807, 2.05) is 13.0 Å². The van der Waals surface area contributed by atoms with Crippen LogP contribution in [-0.4, -0.2) is 20.4 Å². The van der Waals surface area contributed by atoms with Crippen LogP contribution in [0.15, 0.2) is 88.2 Å². The molecule has 0 aliphatic heterocycles. The lowest BCUT2D eigenvalue weighted by Gasteiger charge is -2.26. The van der Waals surface area contributed by atoms with Gasteiger partial charge in [0.25, 0.3) is 15.9 Å². The number of para-hydroxylation sites is 1. The highest BCUT2D eigenvalue weighted by molar-refractivity contribution is 9.10. The Morgan fingerprint density at radius 3 is 2.24 bits per heavy atom. The van der Waals surface area contributed by atoms with Gasteiger partial charge in [0.05, 0.1) is 10.6 Å². The zero-order valence-corrected chi connectivity index (χ0v) is 18.4. The molecule has 150 valence electrons. The van der Waals surface area contributed by atoms with Crippen LogP contribution < -0.4 is 9.04 Å². The highest BCUT2D eigenvalue weighted by Gasteiger charge is 2.34. The predicted molar refractivity (Wildman–Crippen MR) is 117 cm³/mol. The van der Waals surface area contributed by atoms with Crippen molar-refractivity contribution in [1.82, 2.24) is 0 Å². The first-order valence-corrected chi connectivity index (χ1v) is 11.2. The smallest absolute Gasteiger partial charge is 0.281 e. The van der Waals surface area contributed by atoms with Crippen LogP contribution in [0.5, 0.6) is 5.75 Å². The van der Waals surface area contributed by atoms with Crippen molar-refractivity contribution in [3.8, 4) is 5.75 Å². The molecule has 29 heavy (non-hydrogen) atoms. The van der Waals surface area contributed by atoms with E-state index in [1.54, 1.807) is 60.7 Å². The Kier molecular flexibility index (Phi) is 6.39. The van der Waals surface area contributed by atoms with Gasteiger partial charge < -0.3 is 4.74 Å². The second-order valence-electron chi connectivity index (χ2n) is 6.47. The molecule has 0 saturated carbocycles. The van der Waals surface area contributed by atoms with Crippen molar-refractivity contribution in [1.29, 1.82) is 0 Å². The van der Waals surface area contributed by atoms with E-state index in [0.29, 0.717) is 5.75 Å². The van der Waals surface area contributed by atoms with Gasteiger partial charge in [-0.2, -0.15) is 4.31 Å². The number of ether oxygens (including phenoxy) is 1. The molecule has 7 heteroatoms. The maximum atomic E-state index is 13.3. The molecule has 0 saturated heterocycles. The van der Waals surface area contributed by atoms with E-state index in [1.165, 1.54) is 19.1 Å². The van der Waals surface area contributed by atoms with Gasteiger partial charge in [0, 0.05) is 4.47 Å². The van der Waals surface area contributed by atoms with Gasteiger partial charge in [0.1, 0.15) is 5.75 Å². The van der Waals surface area contributed by atoms with E-state index >= 15 is 0 Å². The molecule has 0 aliphatic carbocycles. The maximum Gasteiger partial charge on any atom is 0.281 e. The predicted octanol–water partition coefficient (Wildman–Crippen LogP) is 4.95. The van der Waals surface area contributed by atoms with Gasteiger partial charge in [-0.15, -0.1) is 0 Å². The Morgan fingerprint density at radius 1 is 0.966 bits per heavy atom. The number of nitrogens with zero attached hydrogens (tertiary/aromatic N) is 1. The fourth-order valence-corrected chi connectivity index (χ4v) is 4.58. The summed E-state index contributed by atoms with van der Waals surface area (Å²) in [7, 11) is -4.12. The van der Waals surface area contributed by atoms with Crippen molar-refractivity contribution < 1.29 is 17.9 Å². The standard InChI is InChI=1S/C22H20BrNO4S/c1-16-11-13-21(14-12-16)29(26,27)24(19-8-4-3-5-9-19)22(25)17(2)28-20-10-6-7-18(23)15-20/h3-15,17H,1-2H3. The summed E-state index contributed by atoms with van der Waals surface area (Å²) in [5.74, 6) is -0.224. The van der Waals surface area contributed by atoms with Crippen LogP contribution in [0.3, 0.4) is 0 Å². The fourth-order valence-electron chi connectivity index (χ4n) is 2.72. The summed E-state index contributed by atoms with van der Waals surface area (Å²) >= 11 is 3.35. The minimum Gasteiger partial charge on any atom is -0.481 e. The molecular formula is C22H20BrNO4S. The maximum absolute atomic E-state index is 13.3. The minimum atomic E-state index is -4.12. The molecule has 0 bridgehead atoms. The summed E-state index contributed by atoms with van der Waals surface area (Å²) in [4.78, 5) is 13.3. The summed E-state index contributed by atoms with van der Waals surface area (Å²) in [6.07, 6.45) is -1.02. The second kappa shape index (κ2) is 8.80. The average molecular weight is 474 g/mol. The molecule has 0 radical (unpaired) electrons. The third kappa shape index (κ3) is 4.86. The van der Waals surface area contributed by atoms with Crippen molar-refractivity contribution in [2.45, 2.75) is 24.8 Å². The number of sulfonamides is 1. The fraction of sp³-hybridized carbons (Fsp3) is 0.136. The van der Waals surface area contributed by atoms with Crippen molar-refractivity contribution in [3.05, 3.63) is 88.9 Å². The number of hydrogen-bond acceptors (Lipinski definition) is 4. The van der Waals surface area contributed by atoms with Gasteiger partial charge in [0.15, 0.2) is 6.10 Å². The number of aryl methyl sites for hydroxylation is 1. The lowest BCUT2D eigenvalue weighted by atomic mass is 10.2. The van der Waals surface area contributed by atoms with Crippen LogP contribution >= 0.6 is 15.9 Å². The quantitative estimate of drug-likeness (QED) is 0.508. The van der Waals surface area contributed by atoms with Crippen LogP contribution in [-0.2, 0) is 14.8 Å². The number of anilines is 1. The van der Waals surface area contributed by atoms with Gasteiger partial charge in [-0.3, -0.25) is 4.79 Å². The van der Waals surface area contributed by atoms with Crippen LogP contribution in [0.4, 0.5) is 5.69 Å². The van der Waals surface area contributed by atoms with Crippen molar-refractivity contribution in [2.75, 3.05) is 4.31 Å².